The number of hydrogen-bond donors (Lipinski definition) is 3. The monoisotopic (exact) mass is 223 g/mol. The predicted octanol–water partition coefficient (Wildman–Crippen LogP) is 1.75. The summed E-state index contributed by atoms with van der Waals surface area (Å²) in [5, 5.41) is 21.0. The molecule has 1 aromatic carbocycles. The van der Waals surface area contributed by atoms with E-state index in [9.17, 15) is 5.11 Å². The van der Waals surface area contributed by atoms with Gasteiger partial charge in [0.1, 0.15) is 0 Å². The van der Waals surface area contributed by atoms with Crippen molar-refractivity contribution in [2.24, 2.45) is 0 Å². The second-order valence-electron chi connectivity index (χ2n) is 5.05. The molecule has 0 aliphatic rings. The van der Waals surface area contributed by atoms with Crippen molar-refractivity contribution in [3.63, 3.8) is 0 Å². The molecule has 0 saturated carbocycles. The number of benzene rings is 1. The minimum Gasteiger partial charge on any atom is -0.394 e. The third kappa shape index (κ3) is 3.83. The summed E-state index contributed by atoms with van der Waals surface area (Å²) in [7, 11) is 0. The first-order valence-electron chi connectivity index (χ1n) is 5.57. The molecular formula is C13H21NO2. The van der Waals surface area contributed by atoms with Crippen molar-refractivity contribution in [1.29, 1.82) is 0 Å². The van der Waals surface area contributed by atoms with Gasteiger partial charge in [-0.1, -0.05) is 32.9 Å². The number of nitrogens with one attached hydrogen (secondary N) is 1. The summed E-state index contributed by atoms with van der Waals surface area (Å²) < 4.78 is 0. The highest BCUT2D eigenvalue weighted by Gasteiger charge is 2.13. The molecule has 16 heavy (non-hydrogen) atoms. The standard InChI is InChI=1S/C13H21NO2/c1-13(2,3)10-5-4-6-11(7-10)14-8-12(16)9-15/h4-7,12,14-16H,8-9H2,1-3H3. The van der Waals surface area contributed by atoms with Gasteiger partial charge in [0.25, 0.3) is 0 Å². The van der Waals surface area contributed by atoms with Crippen molar-refractivity contribution in [1.82, 2.24) is 0 Å². The summed E-state index contributed by atoms with van der Waals surface area (Å²) >= 11 is 0. The minimum absolute atomic E-state index is 0.118. The Labute approximate surface area is 97.1 Å². The van der Waals surface area contributed by atoms with Crippen LogP contribution in [-0.2, 0) is 5.41 Å². The largest absolute Gasteiger partial charge is 0.394 e. The third-order valence-corrected chi connectivity index (χ3v) is 2.48. The lowest BCUT2D eigenvalue weighted by molar-refractivity contribution is 0.105. The van der Waals surface area contributed by atoms with E-state index in [0.717, 1.165) is 5.69 Å². The van der Waals surface area contributed by atoms with E-state index in [4.69, 9.17) is 5.11 Å². The van der Waals surface area contributed by atoms with Crippen molar-refractivity contribution in [2.75, 3.05) is 18.5 Å². The van der Waals surface area contributed by atoms with Gasteiger partial charge in [-0.2, -0.15) is 0 Å². The van der Waals surface area contributed by atoms with Gasteiger partial charge in [-0.05, 0) is 23.1 Å². The molecule has 0 spiro atoms. The van der Waals surface area contributed by atoms with Crippen LogP contribution in [0.2, 0.25) is 0 Å². The van der Waals surface area contributed by atoms with Crippen LogP contribution >= 0.6 is 0 Å². The summed E-state index contributed by atoms with van der Waals surface area (Å²) in [5.41, 5.74) is 2.34. The van der Waals surface area contributed by atoms with E-state index in [1.54, 1.807) is 0 Å². The zero-order valence-electron chi connectivity index (χ0n) is 10.2. The van der Waals surface area contributed by atoms with Crippen molar-refractivity contribution < 1.29 is 10.2 Å². The molecule has 1 rings (SSSR count). The maximum atomic E-state index is 9.24. The fourth-order valence-corrected chi connectivity index (χ4v) is 1.40. The first-order valence-corrected chi connectivity index (χ1v) is 5.57. The average Bonchev–Trinajstić information content (AvgIpc) is 2.25. The number of aliphatic hydroxyl groups excluding tert-OH is 2. The summed E-state index contributed by atoms with van der Waals surface area (Å²) in [4.78, 5) is 0. The molecule has 3 heteroatoms. The Hall–Kier alpha value is -1.06. The van der Waals surface area contributed by atoms with Crippen molar-refractivity contribution in [3.8, 4) is 0 Å². The highest BCUT2D eigenvalue weighted by molar-refractivity contribution is 5.47. The van der Waals surface area contributed by atoms with E-state index in [2.05, 4.69) is 38.2 Å². The lowest BCUT2D eigenvalue weighted by Crippen LogP contribution is -2.23. The predicted molar refractivity (Wildman–Crippen MR) is 66.7 cm³/mol. The van der Waals surface area contributed by atoms with Gasteiger partial charge in [-0.25, -0.2) is 0 Å². The molecule has 0 aliphatic heterocycles. The molecule has 3 N–H and O–H groups in total. The van der Waals surface area contributed by atoms with E-state index in [1.807, 2.05) is 12.1 Å². The second kappa shape index (κ2) is 5.32. The van der Waals surface area contributed by atoms with Gasteiger partial charge >= 0.3 is 0 Å². The maximum absolute atomic E-state index is 9.24. The molecule has 90 valence electrons. The Morgan fingerprint density at radius 1 is 1.31 bits per heavy atom. The second-order valence-corrected chi connectivity index (χ2v) is 5.05. The Kier molecular flexibility index (Phi) is 4.33. The Morgan fingerprint density at radius 2 is 2.00 bits per heavy atom. The van der Waals surface area contributed by atoms with E-state index < -0.39 is 6.10 Å². The van der Waals surface area contributed by atoms with Gasteiger partial charge in [-0.15, -0.1) is 0 Å². The number of anilines is 1. The fraction of sp³-hybridized carbons (Fsp3) is 0.538. The molecular weight excluding hydrogens is 202 g/mol. The van der Waals surface area contributed by atoms with E-state index in [-0.39, 0.29) is 12.0 Å². The summed E-state index contributed by atoms with van der Waals surface area (Å²) in [6.07, 6.45) is -0.710. The van der Waals surface area contributed by atoms with E-state index in [0.29, 0.717) is 6.54 Å². The lowest BCUT2D eigenvalue weighted by atomic mass is 9.87. The average molecular weight is 223 g/mol. The van der Waals surface area contributed by atoms with Gasteiger partial charge < -0.3 is 15.5 Å². The fourth-order valence-electron chi connectivity index (χ4n) is 1.40. The van der Waals surface area contributed by atoms with Gasteiger partial charge in [0, 0.05) is 12.2 Å². The van der Waals surface area contributed by atoms with Crippen LogP contribution in [0.1, 0.15) is 26.3 Å². The molecule has 0 aliphatic carbocycles. The normalized spacial score (nSPS) is 13.6. The Balaban J connectivity index is 2.68. The van der Waals surface area contributed by atoms with Gasteiger partial charge in [0.2, 0.25) is 0 Å². The van der Waals surface area contributed by atoms with Crippen LogP contribution in [0, 0.1) is 0 Å². The van der Waals surface area contributed by atoms with Crippen LogP contribution in [0.15, 0.2) is 24.3 Å². The smallest absolute Gasteiger partial charge is 0.0942 e. The summed E-state index contributed by atoms with van der Waals surface area (Å²) in [6.45, 7) is 6.63. The van der Waals surface area contributed by atoms with Crippen LogP contribution < -0.4 is 5.32 Å². The number of rotatable bonds is 4. The van der Waals surface area contributed by atoms with Crippen LogP contribution in [-0.4, -0.2) is 29.5 Å². The minimum atomic E-state index is -0.710. The van der Waals surface area contributed by atoms with Crippen LogP contribution in [0.4, 0.5) is 5.69 Å². The quantitative estimate of drug-likeness (QED) is 0.729. The maximum Gasteiger partial charge on any atom is 0.0942 e. The topological polar surface area (TPSA) is 52.5 Å². The zero-order chi connectivity index (χ0) is 12.2. The molecule has 1 unspecified atom stereocenters. The summed E-state index contributed by atoms with van der Waals surface area (Å²) in [5.74, 6) is 0. The zero-order valence-corrected chi connectivity index (χ0v) is 10.2. The molecule has 0 radical (unpaired) electrons. The Morgan fingerprint density at radius 3 is 2.56 bits per heavy atom. The third-order valence-electron chi connectivity index (χ3n) is 2.48. The van der Waals surface area contributed by atoms with Gasteiger partial charge in [0.05, 0.1) is 12.7 Å². The molecule has 0 bridgehead atoms. The van der Waals surface area contributed by atoms with Crippen LogP contribution in [0.5, 0.6) is 0 Å². The molecule has 0 aromatic heterocycles. The molecule has 0 amide bonds. The van der Waals surface area contributed by atoms with Crippen molar-refractivity contribution in [3.05, 3.63) is 29.8 Å². The van der Waals surface area contributed by atoms with Crippen molar-refractivity contribution >= 4 is 5.69 Å². The van der Waals surface area contributed by atoms with Crippen LogP contribution in [0.25, 0.3) is 0 Å². The molecule has 0 fully saturated rings. The molecule has 0 heterocycles. The lowest BCUT2D eigenvalue weighted by Gasteiger charge is -2.20. The molecule has 3 nitrogen and oxygen atoms in total. The SMILES string of the molecule is CC(C)(C)c1cccc(NCC(O)CO)c1. The number of hydrogen-bond acceptors (Lipinski definition) is 3. The van der Waals surface area contributed by atoms with Gasteiger partial charge in [-0.3, -0.25) is 0 Å². The number of aliphatic hydroxyl groups is 2. The van der Waals surface area contributed by atoms with Crippen LogP contribution in [0.3, 0.4) is 0 Å². The van der Waals surface area contributed by atoms with E-state index in [1.165, 1.54) is 5.56 Å². The Bertz CT molecular complexity index is 331. The van der Waals surface area contributed by atoms with Crippen molar-refractivity contribution in [2.45, 2.75) is 32.3 Å². The van der Waals surface area contributed by atoms with E-state index >= 15 is 0 Å². The summed E-state index contributed by atoms with van der Waals surface area (Å²) in [6, 6.07) is 8.12. The highest BCUT2D eigenvalue weighted by Crippen LogP contribution is 2.24. The molecule has 0 saturated heterocycles. The molecule has 1 atom stereocenters. The molecule has 1 aromatic rings. The first-order chi connectivity index (χ1) is 7.43. The first kappa shape index (κ1) is 13.0. The highest BCUT2D eigenvalue weighted by atomic mass is 16.3. The van der Waals surface area contributed by atoms with Gasteiger partial charge in [0.15, 0.2) is 0 Å².